The van der Waals surface area contributed by atoms with Crippen molar-refractivity contribution in [1.82, 2.24) is 5.32 Å². The predicted octanol–water partition coefficient (Wildman–Crippen LogP) is -0.776. The molecule has 0 aliphatic rings. The Hall–Kier alpha value is -1.30. The smallest absolute Gasteiger partial charge is 0.217 e. The van der Waals surface area contributed by atoms with E-state index in [1.54, 1.807) is 0 Å². The van der Waals surface area contributed by atoms with Crippen molar-refractivity contribution in [3.63, 3.8) is 0 Å². The summed E-state index contributed by atoms with van der Waals surface area (Å²) in [4.78, 5) is 10.4. The Morgan fingerprint density at radius 2 is 2.21 bits per heavy atom. The van der Waals surface area contributed by atoms with Gasteiger partial charge in [0, 0.05) is 18.9 Å². The predicted molar refractivity (Wildman–Crippen MR) is 53.9 cm³/mol. The summed E-state index contributed by atoms with van der Waals surface area (Å²) < 4.78 is 0. The summed E-state index contributed by atoms with van der Waals surface area (Å²) in [7, 11) is 0. The van der Waals surface area contributed by atoms with Gasteiger partial charge >= 0.3 is 0 Å². The van der Waals surface area contributed by atoms with Gasteiger partial charge in [-0.05, 0) is 13.0 Å². The summed E-state index contributed by atoms with van der Waals surface area (Å²) in [5.74, 6) is -0.114. The number of nitrogens with one attached hydrogen (secondary N) is 1. The van der Waals surface area contributed by atoms with Crippen molar-refractivity contribution >= 4 is 11.7 Å². The molecule has 0 heterocycles. The zero-order valence-corrected chi connectivity index (χ0v) is 8.36. The molecule has 0 aliphatic heterocycles. The number of amidine groups is 1. The molecule has 0 saturated carbocycles. The Kier molecular flexibility index (Phi) is 6.47. The molecular weight excluding hydrogens is 184 g/mol. The number of carbonyl (C=O) groups is 1. The van der Waals surface area contributed by atoms with E-state index in [9.17, 15) is 4.79 Å². The first kappa shape index (κ1) is 12.7. The minimum absolute atomic E-state index is 0.0198. The lowest BCUT2D eigenvalue weighted by molar-refractivity contribution is -0.118. The quantitative estimate of drug-likeness (QED) is 0.143. The van der Waals surface area contributed by atoms with Crippen molar-refractivity contribution in [2.24, 2.45) is 22.5 Å². The van der Waals surface area contributed by atoms with E-state index in [4.69, 9.17) is 16.7 Å². The van der Waals surface area contributed by atoms with Crippen molar-refractivity contribution in [2.45, 2.75) is 19.8 Å². The van der Waals surface area contributed by atoms with Gasteiger partial charge in [-0.2, -0.15) is 0 Å². The first-order chi connectivity index (χ1) is 6.57. The Morgan fingerprint density at radius 1 is 1.57 bits per heavy atom. The lowest BCUT2D eigenvalue weighted by Crippen LogP contribution is -2.32. The minimum Gasteiger partial charge on any atom is -0.409 e. The molecule has 1 atom stereocenters. The number of primary amides is 1. The summed E-state index contributed by atoms with van der Waals surface area (Å²) in [5.41, 5.74) is 10.3. The van der Waals surface area contributed by atoms with Gasteiger partial charge in [-0.3, -0.25) is 4.79 Å². The number of carbonyl (C=O) groups excluding carboxylic acids is 1. The molecule has 82 valence electrons. The number of hydrogen-bond acceptors (Lipinski definition) is 4. The Morgan fingerprint density at radius 3 is 2.71 bits per heavy atom. The molecule has 0 fully saturated rings. The molecule has 14 heavy (non-hydrogen) atoms. The number of nitrogens with zero attached hydrogens (tertiary/aromatic N) is 1. The summed E-state index contributed by atoms with van der Waals surface area (Å²) in [6, 6.07) is 0. The van der Waals surface area contributed by atoms with Crippen LogP contribution in [0.1, 0.15) is 19.8 Å². The maximum Gasteiger partial charge on any atom is 0.217 e. The van der Waals surface area contributed by atoms with Crippen LogP contribution in [0.2, 0.25) is 0 Å². The lowest BCUT2D eigenvalue weighted by atomic mass is 10.1. The van der Waals surface area contributed by atoms with Gasteiger partial charge in [-0.25, -0.2) is 0 Å². The molecule has 6 nitrogen and oxygen atoms in total. The molecule has 0 radical (unpaired) electrons. The Bertz CT molecular complexity index is 206. The van der Waals surface area contributed by atoms with E-state index in [1.165, 1.54) is 0 Å². The molecular formula is C8H18N4O2. The molecule has 6 N–H and O–H groups in total. The standard InChI is InChI=1S/C8H18N4O2/c1-6(8(10)12-14)5-11-4-2-3-7(9)13/h6,11,14H,2-5H2,1H3,(H2,9,13)(H2,10,12). The van der Waals surface area contributed by atoms with Crippen molar-refractivity contribution in [1.29, 1.82) is 0 Å². The fraction of sp³-hybridized carbons (Fsp3) is 0.750. The highest BCUT2D eigenvalue weighted by atomic mass is 16.4. The summed E-state index contributed by atoms with van der Waals surface area (Å²) in [6.07, 6.45) is 1.09. The molecule has 6 heteroatoms. The topological polar surface area (TPSA) is 114 Å². The zero-order chi connectivity index (χ0) is 11.0. The first-order valence-corrected chi connectivity index (χ1v) is 4.54. The second-order valence-electron chi connectivity index (χ2n) is 3.20. The maximum atomic E-state index is 10.4. The van der Waals surface area contributed by atoms with Gasteiger partial charge in [0.2, 0.25) is 5.91 Å². The van der Waals surface area contributed by atoms with Gasteiger partial charge in [-0.15, -0.1) is 0 Å². The van der Waals surface area contributed by atoms with Crippen molar-refractivity contribution in [3.05, 3.63) is 0 Å². The largest absolute Gasteiger partial charge is 0.409 e. The molecule has 0 aromatic rings. The van der Waals surface area contributed by atoms with E-state index < -0.39 is 0 Å². The third-order valence-corrected chi connectivity index (χ3v) is 1.85. The summed E-state index contributed by atoms with van der Waals surface area (Å²) in [5, 5.41) is 14.3. The van der Waals surface area contributed by atoms with E-state index in [1.807, 2.05) is 6.92 Å². The number of nitrogens with two attached hydrogens (primary N) is 2. The average molecular weight is 202 g/mol. The van der Waals surface area contributed by atoms with E-state index in [0.717, 1.165) is 0 Å². The van der Waals surface area contributed by atoms with Gasteiger partial charge in [0.25, 0.3) is 0 Å². The summed E-state index contributed by atoms with van der Waals surface area (Å²) in [6.45, 7) is 3.16. The molecule has 0 aromatic carbocycles. The number of oxime groups is 1. The zero-order valence-electron chi connectivity index (χ0n) is 8.36. The van der Waals surface area contributed by atoms with Crippen LogP contribution in [-0.4, -0.2) is 30.0 Å². The average Bonchev–Trinajstić information content (AvgIpc) is 2.15. The molecule has 0 rings (SSSR count). The van der Waals surface area contributed by atoms with E-state index in [2.05, 4.69) is 10.5 Å². The summed E-state index contributed by atoms with van der Waals surface area (Å²) >= 11 is 0. The molecule has 0 bridgehead atoms. The van der Waals surface area contributed by atoms with Gasteiger partial charge in [0.15, 0.2) is 0 Å². The number of hydrogen-bond donors (Lipinski definition) is 4. The second-order valence-corrected chi connectivity index (χ2v) is 3.20. The van der Waals surface area contributed by atoms with Crippen molar-refractivity contribution < 1.29 is 10.0 Å². The monoisotopic (exact) mass is 202 g/mol. The molecule has 0 aromatic heterocycles. The van der Waals surface area contributed by atoms with Crippen molar-refractivity contribution in [3.8, 4) is 0 Å². The Balaban J connectivity index is 3.41. The van der Waals surface area contributed by atoms with Crippen LogP contribution >= 0.6 is 0 Å². The van der Waals surface area contributed by atoms with E-state index in [-0.39, 0.29) is 17.7 Å². The van der Waals surface area contributed by atoms with Crippen LogP contribution in [0.15, 0.2) is 5.16 Å². The van der Waals surface area contributed by atoms with Crippen LogP contribution < -0.4 is 16.8 Å². The highest BCUT2D eigenvalue weighted by Crippen LogP contribution is 1.92. The van der Waals surface area contributed by atoms with E-state index >= 15 is 0 Å². The third kappa shape index (κ3) is 6.24. The normalized spacial score (nSPS) is 13.9. The van der Waals surface area contributed by atoms with Crippen LogP contribution in [-0.2, 0) is 4.79 Å². The van der Waals surface area contributed by atoms with Crippen LogP contribution in [0.4, 0.5) is 0 Å². The third-order valence-electron chi connectivity index (χ3n) is 1.85. The fourth-order valence-corrected chi connectivity index (χ4v) is 0.909. The molecule has 1 unspecified atom stereocenters. The van der Waals surface area contributed by atoms with Crippen LogP contribution in [0, 0.1) is 5.92 Å². The van der Waals surface area contributed by atoms with Gasteiger partial charge in [-0.1, -0.05) is 12.1 Å². The first-order valence-electron chi connectivity index (χ1n) is 4.54. The lowest BCUT2D eigenvalue weighted by Gasteiger charge is -2.10. The fourth-order valence-electron chi connectivity index (χ4n) is 0.909. The van der Waals surface area contributed by atoms with Crippen LogP contribution in [0.3, 0.4) is 0 Å². The van der Waals surface area contributed by atoms with Gasteiger partial charge < -0.3 is 22.0 Å². The van der Waals surface area contributed by atoms with Crippen molar-refractivity contribution in [2.75, 3.05) is 13.1 Å². The highest BCUT2D eigenvalue weighted by Gasteiger charge is 2.06. The van der Waals surface area contributed by atoms with E-state index in [0.29, 0.717) is 25.9 Å². The van der Waals surface area contributed by atoms with Gasteiger partial charge in [0.05, 0.1) is 0 Å². The SMILES string of the molecule is CC(CNCCCC(N)=O)C(N)=NO. The second kappa shape index (κ2) is 7.14. The van der Waals surface area contributed by atoms with Gasteiger partial charge in [0.1, 0.15) is 5.84 Å². The number of amides is 1. The highest BCUT2D eigenvalue weighted by molar-refractivity contribution is 5.82. The molecule has 1 amide bonds. The maximum absolute atomic E-state index is 10.4. The molecule has 0 spiro atoms. The minimum atomic E-state index is -0.295. The Labute approximate surface area is 83.3 Å². The molecule has 0 saturated heterocycles. The molecule has 0 aliphatic carbocycles. The van der Waals surface area contributed by atoms with Crippen LogP contribution in [0.5, 0.6) is 0 Å². The van der Waals surface area contributed by atoms with Crippen LogP contribution in [0.25, 0.3) is 0 Å². The number of rotatable bonds is 7.